The number of nitrogens with zero attached hydrogens (tertiary/aromatic N) is 3. The van der Waals surface area contributed by atoms with Crippen molar-refractivity contribution in [3.05, 3.63) is 69.5 Å². The molecule has 5 rings (SSSR count). The van der Waals surface area contributed by atoms with Crippen LogP contribution in [0.25, 0.3) is 11.1 Å². The van der Waals surface area contributed by atoms with E-state index in [0.717, 1.165) is 18.9 Å². The van der Waals surface area contributed by atoms with Crippen LogP contribution >= 0.6 is 11.6 Å². The van der Waals surface area contributed by atoms with Crippen molar-refractivity contribution in [3.63, 3.8) is 0 Å². The van der Waals surface area contributed by atoms with Gasteiger partial charge in [0.05, 0.1) is 22.6 Å². The van der Waals surface area contributed by atoms with Gasteiger partial charge in [-0.25, -0.2) is 17.6 Å². The Kier molecular flexibility index (Phi) is 4.59. The van der Waals surface area contributed by atoms with Crippen molar-refractivity contribution >= 4 is 38.4 Å². The average Bonchev–Trinajstić information content (AvgIpc) is 3.39. The molecule has 0 unspecified atom stereocenters. The second kappa shape index (κ2) is 7.20. The Morgan fingerprint density at radius 1 is 1.23 bits per heavy atom. The third kappa shape index (κ3) is 3.81. The van der Waals surface area contributed by atoms with Gasteiger partial charge in [0.1, 0.15) is 5.82 Å². The summed E-state index contributed by atoms with van der Waals surface area (Å²) in [6.07, 6.45) is 2.00. The lowest BCUT2D eigenvalue weighted by Crippen LogP contribution is -2.16. The maximum atomic E-state index is 14.0. The average molecular weight is 465 g/mol. The maximum Gasteiger partial charge on any atom is 0.420 e. The number of anilines is 1. The summed E-state index contributed by atoms with van der Waals surface area (Å²) in [5.74, 6) is -0.364. The zero-order chi connectivity index (χ0) is 21.8. The predicted octanol–water partition coefficient (Wildman–Crippen LogP) is 3.50. The number of fused-ring (bicyclic) bond motifs is 1. The molecule has 1 saturated carbocycles. The van der Waals surface area contributed by atoms with Gasteiger partial charge in [0, 0.05) is 17.0 Å². The molecule has 31 heavy (non-hydrogen) atoms. The number of aromatic nitrogens is 3. The molecule has 1 aliphatic rings. The van der Waals surface area contributed by atoms with Crippen molar-refractivity contribution in [1.82, 2.24) is 14.7 Å². The largest absolute Gasteiger partial charge is 0.420 e. The van der Waals surface area contributed by atoms with Crippen molar-refractivity contribution in [3.8, 4) is 0 Å². The summed E-state index contributed by atoms with van der Waals surface area (Å²) in [5, 5.41) is 4.02. The van der Waals surface area contributed by atoms with Crippen LogP contribution in [0.2, 0.25) is 5.02 Å². The van der Waals surface area contributed by atoms with E-state index in [1.807, 2.05) is 0 Å². The molecule has 0 bridgehead atoms. The standard InChI is InChI=1S/C19H14ClFN4O5S/c20-11-3-5-14(13(21)7-11)24-31(27,28)12-4-6-15-16(8-12)29-19(26)25(15)9-17-22-18(30-23-17)10-1-2-10/h3-8,10,24H,1-2,9H2. The van der Waals surface area contributed by atoms with E-state index >= 15 is 0 Å². The molecule has 2 aromatic heterocycles. The van der Waals surface area contributed by atoms with E-state index in [1.54, 1.807) is 0 Å². The highest BCUT2D eigenvalue weighted by Gasteiger charge is 2.30. The highest BCUT2D eigenvalue weighted by molar-refractivity contribution is 7.92. The van der Waals surface area contributed by atoms with Gasteiger partial charge in [-0.15, -0.1) is 0 Å². The van der Waals surface area contributed by atoms with Gasteiger partial charge in [-0.3, -0.25) is 9.29 Å². The van der Waals surface area contributed by atoms with E-state index in [4.69, 9.17) is 20.5 Å². The van der Waals surface area contributed by atoms with Crippen molar-refractivity contribution in [2.45, 2.75) is 30.2 Å². The second-order valence-corrected chi connectivity index (χ2v) is 9.26. The van der Waals surface area contributed by atoms with Crippen LogP contribution in [-0.4, -0.2) is 23.1 Å². The molecule has 0 aliphatic heterocycles. The van der Waals surface area contributed by atoms with Gasteiger partial charge in [0.25, 0.3) is 10.0 Å². The Morgan fingerprint density at radius 3 is 2.77 bits per heavy atom. The number of sulfonamides is 1. The van der Waals surface area contributed by atoms with E-state index < -0.39 is 21.6 Å². The Bertz CT molecular complexity index is 1470. The molecule has 4 aromatic rings. The van der Waals surface area contributed by atoms with Crippen LogP contribution in [0.15, 0.2) is 55.0 Å². The van der Waals surface area contributed by atoms with E-state index in [2.05, 4.69) is 14.9 Å². The van der Waals surface area contributed by atoms with Gasteiger partial charge in [-0.1, -0.05) is 16.8 Å². The SMILES string of the molecule is O=c1oc2cc(S(=O)(=O)Nc3ccc(Cl)cc3F)ccc2n1Cc1noc(C2CC2)n1. The first kappa shape index (κ1) is 19.8. The van der Waals surface area contributed by atoms with Crippen LogP contribution in [0.4, 0.5) is 10.1 Å². The van der Waals surface area contributed by atoms with Crippen LogP contribution in [-0.2, 0) is 16.6 Å². The van der Waals surface area contributed by atoms with Crippen molar-refractivity contribution < 1.29 is 21.7 Å². The third-order valence-electron chi connectivity index (χ3n) is 4.84. The lowest BCUT2D eigenvalue weighted by atomic mass is 10.3. The minimum absolute atomic E-state index is 0.0163. The van der Waals surface area contributed by atoms with Gasteiger partial charge in [0.15, 0.2) is 11.4 Å². The fourth-order valence-electron chi connectivity index (χ4n) is 3.11. The molecule has 160 valence electrons. The number of hydrogen-bond acceptors (Lipinski definition) is 7. The number of halogens is 2. The molecular formula is C19H14ClFN4O5S. The zero-order valence-corrected chi connectivity index (χ0v) is 17.3. The molecule has 2 heterocycles. The molecule has 0 atom stereocenters. The maximum absolute atomic E-state index is 14.0. The van der Waals surface area contributed by atoms with Crippen molar-refractivity contribution in [2.24, 2.45) is 0 Å². The molecule has 12 heteroatoms. The van der Waals surface area contributed by atoms with Crippen molar-refractivity contribution in [1.29, 1.82) is 0 Å². The number of nitrogens with one attached hydrogen (secondary N) is 1. The van der Waals surface area contributed by atoms with Crippen LogP contribution in [0.3, 0.4) is 0 Å². The lowest BCUT2D eigenvalue weighted by Gasteiger charge is -2.09. The molecule has 1 N–H and O–H groups in total. The second-order valence-electron chi connectivity index (χ2n) is 7.14. The number of hydrogen-bond donors (Lipinski definition) is 1. The van der Waals surface area contributed by atoms with Crippen LogP contribution in [0.5, 0.6) is 0 Å². The molecule has 2 aromatic carbocycles. The highest BCUT2D eigenvalue weighted by atomic mass is 35.5. The molecule has 1 aliphatic carbocycles. The molecule has 0 spiro atoms. The monoisotopic (exact) mass is 464 g/mol. The molecular weight excluding hydrogens is 451 g/mol. The van der Waals surface area contributed by atoms with Gasteiger partial charge < -0.3 is 8.94 Å². The minimum atomic E-state index is -4.15. The summed E-state index contributed by atoms with van der Waals surface area (Å²) in [6.45, 7) is 0.0163. The summed E-state index contributed by atoms with van der Waals surface area (Å²) in [6, 6.07) is 7.47. The Balaban J connectivity index is 1.45. The summed E-state index contributed by atoms with van der Waals surface area (Å²) in [4.78, 5) is 16.4. The molecule has 0 amide bonds. The van der Waals surface area contributed by atoms with E-state index in [1.165, 1.54) is 34.9 Å². The van der Waals surface area contributed by atoms with E-state index in [0.29, 0.717) is 17.2 Å². The number of oxazole rings is 1. The third-order valence-corrected chi connectivity index (χ3v) is 6.43. The van der Waals surface area contributed by atoms with E-state index in [-0.39, 0.29) is 33.7 Å². The minimum Gasteiger partial charge on any atom is -0.408 e. The van der Waals surface area contributed by atoms with Crippen LogP contribution in [0, 0.1) is 5.82 Å². The molecule has 1 fully saturated rings. The smallest absolute Gasteiger partial charge is 0.408 e. The first-order valence-electron chi connectivity index (χ1n) is 9.24. The first-order valence-corrected chi connectivity index (χ1v) is 11.1. The quantitative estimate of drug-likeness (QED) is 0.463. The van der Waals surface area contributed by atoms with E-state index in [9.17, 15) is 17.6 Å². The van der Waals surface area contributed by atoms with Gasteiger partial charge in [-0.2, -0.15) is 4.98 Å². The molecule has 0 saturated heterocycles. The fraction of sp³-hybridized carbons (Fsp3) is 0.211. The first-order chi connectivity index (χ1) is 14.8. The Morgan fingerprint density at radius 2 is 2.03 bits per heavy atom. The summed E-state index contributed by atoms with van der Waals surface area (Å²) >= 11 is 5.69. The lowest BCUT2D eigenvalue weighted by molar-refractivity contribution is 0.372. The molecule has 9 nitrogen and oxygen atoms in total. The van der Waals surface area contributed by atoms with Crippen LogP contribution < -0.4 is 10.5 Å². The topological polar surface area (TPSA) is 120 Å². The van der Waals surface area contributed by atoms with Crippen LogP contribution in [0.1, 0.15) is 30.5 Å². The predicted molar refractivity (Wildman–Crippen MR) is 108 cm³/mol. The highest BCUT2D eigenvalue weighted by Crippen LogP contribution is 2.38. The number of benzene rings is 2. The zero-order valence-electron chi connectivity index (χ0n) is 15.7. The van der Waals surface area contributed by atoms with Gasteiger partial charge in [0.2, 0.25) is 5.89 Å². The Hall–Kier alpha value is -3.18. The fourth-order valence-corrected chi connectivity index (χ4v) is 4.35. The van der Waals surface area contributed by atoms with Crippen molar-refractivity contribution in [2.75, 3.05) is 4.72 Å². The molecule has 0 radical (unpaired) electrons. The summed E-state index contributed by atoms with van der Waals surface area (Å²) < 4.78 is 53.1. The summed E-state index contributed by atoms with van der Waals surface area (Å²) in [5.41, 5.74) is 0.154. The normalized spacial score (nSPS) is 14.3. The Labute approximate surface area is 179 Å². The van der Waals surface area contributed by atoms with Gasteiger partial charge >= 0.3 is 5.76 Å². The summed E-state index contributed by atoms with van der Waals surface area (Å²) in [7, 11) is -4.15. The van der Waals surface area contributed by atoms with Gasteiger partial charge in [-0.05, 0) is 43.2 Å². The number of rotatable bonds is 6.